The van der Waals surface area contributed by atoms with Crippen LogP contribution in [0.2, 0.25) is 6.04 Å². The van der Waals surface area contributed by atoms with Crippen LogP contribution in [0.3, 0.4) is 0 Å². The van der Waals surface area contributed by atoms with Crippen molar-refractivity contribution in [3.05, 3.63) is 34.9 Å². The van der Waals surface area contributed by atoms with Crippen molar-refractivity contribution < 1.29 is 31.2 Å². The molecular formula is C12H16F4O3Si. The number of aryl methyl sites for hydroxylation is 1. The van der Waals surface area contributed by atoms with Crippen LogP contribution in [0.5, 0.6) is 0 Å². The van der Waals surface area contributed by atoms with E-state index < -0.39 is 32.1 Å². The molecule has 1 aromatic rings. The number of halogens is 4. The molecule has 1 rings (SSSR count). The lowest BCUT2D eigenvalue weighted by Crippen LogP contribution is -2.39. The highest BCUT2D eigenvalue weighted by atomic mass is 28.4. The van der Waals surface area contributed by atoms with Gasteiger partial charge in [0.25, 0.3) is 0 Å². The van der Waals surface area contributed by atoms with Crippen LogP contribution >= 0.6 is 0 Å². The molecule has 8 heteroatoms. The number of hydrogen-bond donors (Lipinski definition) is 1. The molecule has 114 valence electrons. The lowest BCUT2D eigenvalue weighted by Gasteiger charge is -2.19. The van der Waals surface area contributed by atoms with Crippen molar-refractivity contribution >= 4 is 8.80 Å². The molecule has 0 heterocycles. The van der Waals surface area contributed by atoms with Gasteiger partial charge in [-0.15, -0.1) is 0 Å². The first-order valence-corrected chi connectivity index (χ1v) is 7.96. The molecule has 0 aliphatic carbocycles. The molecule has 0 aromatic heterocycles. The molecule has 0 amide bonds. The van der Waals surface area contributed by atoms with Gasteiger partial charge in [0, 0.05) is 20.3 Å². The summed E-state index contributed by atoms with van der Waals surface area (Å²) < 4.78 is 61.8. The first-order valence-electron chi connectivity index (χ1n) is 5.99. The average Bonchev–Trinajstić information content (AvgIpc) is 2.46. The molecule has 0 unspecified atom stereocenters. The van der Waals surface area contributed by atoms with Crippen molar-refractivity contribution in [3.63, 3.8) is 0 Å². The predicted molar refractivity (Wildman–Crippen MR) is 66.0 cm³/mol. The van der Waals surface area contributed by atoms with Crippen LogP contribution in [0.15, 0.2) is 6.07 Å². The van der Waals surface area contributed by atoms with E-state index in [1.165, 1.54) is 14.2 Å². The average molecular weight is 312 g/mol. The van der Waals surface area contributed by atoms with Gasteiger partial charge in [-0.05, 0) is 30.9 Å². The van der Waals surface area contributed by atoms with Crippen molar-refractivity contribution in [2.75, 3.05) is 14.2 Å². The van der Waals surface area contributed by atoms with Crippen LogP contribution < -0.4 is 0 Å². The Labute approximate surface area is 115 Å². The summed E-state index contributed by atoms with van der Waals surface area (Å²) in [5.41, 5.74) is -0.235. The van der Waals surface area contributed by atoms with Crippen LogP contribution in [0.25, 0.3) is 0 Å². The molecule has 0 radical (unpaired) electrons. The topological polar surface area (TPSA) is 38.7 Å². The Hall–Kier alpha value is -0.963. The Balaban J connectivity index is 2.59. The fourth-order valence-electron chi connectivity index (χ4n) is 1.76. The smallest absolute Gasteiger partial charge is 0.390 e. The van der Waals surface area contributed by atoms with E-state index >= 15 is 0 Å². The molecule has 20 heavy (non-hydrogen) atoms. The molecule has 0 aliphatic heterocycles. The summed E-state index contributed by atoms with van der Waals surface area (Å²) in [5, 5.41) is 0. The van der Waals surface area contributed by atoms with Gasteiger partial charge in [-0.2, -0.15) is 0 Å². The Morgan fingerprint density at radius 1 is 1.00 bits per heavy atom. The van der Waals surface area contributed by atoms with E-state index in [2.05, 4.69) is 0 Å². The molecule has 0 spiro atoms. The monoisotopic (exact) mass is 312 g/mol. The fourth-order valence-corrected chi connectivity index (χ4v) is 3.03. The minimum absolute atomic E-state index is 0.0257. The maximum absolute atomic E-state index is 13.4. The van der Waals surface area contributed by atoms with Crippen molar-refractivity contribution in [1.29, 1.82) is 0 Å². The number of unbranched alkanes of at least 4 members (excludes halogenated alkanes) is 1. The molecule has 0 saturated carbocycles. The van der Waals surface area contributed by atoms with E-state index in [1.54, 1.807) is 0 Å². The van der Waals surface area contributed by atoms with Crippen LogP contribution in [-0.2, 0) is 15.3 Å². The summed E-state index contributed by atoms with van der Waals surface area (Å²) >= 11 is 0. The van der Waals surface area contributed by atoms with E-state index in [0.29, 0.717) is 18.9 Å². The third-order valence-corrected chi connectivity index (χ3v) is 5.27. The van der Waals surface area contributed by atoms with Gasteiger partial charge in [0.15, 0.2) is 23.3 Å². The maximum Gasteiger partial charge on any atom is 0.497 e. The summed E-state index contributed by atoms with van der Waals surface area (Å²) in [4.78, 5) is 9.76. The number of hydrogen-bond acceptors (Lipinski definition) is 3. The zero-order valence-corrected chi connectivity index (χ0v) is 12.2. The van der Waals surface area contributed by atoms with Gasteiger partial charge in [-0.3, -0.25) is 0 Å². The van der Waals surface area contributed by atoms with Gasteiger partial charge in [0.05, 0.1) is 0 Å². The first kappa shape index (κ1) is 17.1. The third-order valence-electron chi connectivity index (χ3n) is 3.00. The van der Waals surface area contributed by atoms with E-state index in [0.717, 1.165) is 0 Å². The van der Waals surface area contributed by atoms with Crippen molar-refractivity contribution in [2.45, 2.75) is 25.3 Å². The van der Waals surface area contributed by atoms with E-state index in [9.17, 15) is 22.4 Å². The molecule has 0 atom stereocenters. The molecule has 3 nitrogen and oxygen atoms in total. The minimum Gasteiger partial charge on any atom is -0.390 e. The second kappa shape index (κ2) is 7.16. The van der Waals surface area contributed by atoms with Crippen molar-refractivity contribution in [2.24, 2.45) is 0 Å². The number of benzene rings is 1. The Kier molecular flexibility index (Phi) is 6.12. The van der Waals surface area contributed by atoms with E-state index in [1.807, 2.05) is 0 Å². The number of rotatable bonds is 7. The third kappa shape index (κ3) is 4.01. The Morgan fingerprint density at radius 3 is 2.15 bits per heavy atom. The molecule has 0 saturated heterocycles. The predicted octanol–water partition coefficient (Wildman–Crippen LogP) is 2.79. The van der Waals surface area contributed by atoms with Crippen LogP contribution in [0, 0.1) is 23.3 Å². The largest absolute Gasteiger partial charge is 0.497 e. The highest BCUT2D eigenvalue weighted by Gasteiger charge is 2.33. The van der Waals surface area contributed by atoms with Gasteiger partial charge in [-0.25, -0.2) is 17.6 Å². The van der Waals surface area contributed by atoms with Gasteiger partial charge >= 0.3 is 8.80 Å². The van der Waals surface area contributed by atoms with E-state index in [4.69, 9.17) is 8.85 Å². The van der Waals surface area contributed by atoms with Gasteiger partial charge < -0.3 is 13.6 Å². The second-order valence-corrected chi connectivity index (χ2v) is 7.03. The molecule has 0 aliphatic rings. The summed E-state index contributed by atoms with van der Waals surface area (Å²) in [5.74, 6) is -6.42. The van der Waals surface area contributed by atoms with Crippen LogP contribution in [0.1, 0.15) is 18.4 Å². The van der Waals surface area contributed by atoms with E-state index in [-0.39, 0.29) is 18.0 Å². The Morgan fingerprint density at radius 2 is 1.60 bits per heavy atom. The molecule has 0 bridgehead atoms. The van der Waals surface area contributed by atoms with Gasteiger partial charge in [0.2, 0.25) is 0 Å². The van der Waals surface area contributed by atoms with Gasteiger partial charge in [-0.1, -0.05) is 0 Å². The van der Waals surface area contributed by atoms with Crippen molar-refractivity contribution in [3.8, 4) is 0 Å². The zero-order chi connectivity index (χ0) is 15.3. The lowest BCUT2D eigenvalue weighted by molar-refractivity contribution is 0.150. The summed E-state index contributed by atoms with van der Waals surface area (Å²) in [6.45, 7) is 0. The standard InChI is InChI=1S/C12H16F4O3Si/c1-18-20(17,19-2)6-4-3-5-8-7-9(13)11(15)12(16)10(8)14/h7,17H,3-6H2,1-2H3. The lowest BCUT2D eigenvalue weighted by atomic mass is 10.1. The van der Waals surface area contributed by atoms with Crippen LogP contribution in [0.4, 0.5) is 17.6 Å². The minimum atomic E-state index is -3.18. The molecule has 1 aromatic carbocycles. The second-order valence-electron chi connectivity index (χ2n) is 4.29. The normalized spacial score (nSPS) is 11.9. The van der Waals surface area contributed by atoms with Crippen LogP contribution in [-0.4, -0.2) is 27.8 Å². The molecular weight excluding hydrogens is 296 g/mol. The SMILES string of the molecule is CO[Si](O)(CCCCc1cc(F)c(F)c(F)c1F)OC. The highest BCUT2D eigenvalue weighted by Crippen LogP contribution is 2.21. The molecule has 0 fully saturated rings. The molecule has 1 N–H and O–H groups in total. The fraction of sp³-hybridized carbons (Fsp3) is 0.500. The zero-order valence-electron chi connectivity index (χ0n) is 11.2. The van der Waals surface area contributed by atoms with Crippen molar-refractivity contribution in [1.82, 2.24) is 0 Å². The summed E-state index contributed by atoms with van der Waals surface area (Å²) in [6.07, 6.45) is 0.797. The quantitative estimate of drug-likeness (QED) is 0.277. The maximum atomic E-state index is 13.4. The summed E-state index contributed by atoms with van der Waals surface area (Å²) in [7, 11) is -0.543. The first-order chi connectivity index (χ1) is 9.34. The van der Waals surface area contributed by atoms with Gasteiger partial charge in [0.1, 0.15) is 0 Å². The summed E-state index contributed by atoms with van der Waals surface area (Å²) in [6, 6.07) is 0.887. The Bertz CT molecular complexity index is 467. The highest BCUT2D eigenvalue weighted by molar-refractivity contribution is 6.59.